The van der Waals surface area contributed by atoms with E-state index in [-0.39, 0.29) is 71.9 Å². The third-order valence-electron chi connectivity index (χ3n) is 23.3. The van der Waals surface area contributed by atoms with Crippen molar-refractivity contribution in [3.8, 4) is 0 Å². The van der Waals surface area contributed by atoms with Crippen LogP contribution < -0.4 is 0 Å². The molecule has 3 aromatic carbocycles. The number of unbranched alkanes of at least 4 members (excludes halogenated alkanes) is 45. The molecule has 0 aliphatic carbocycles. The predicted molar refractivity (Wildman–Crippen MR) is 533 cm³/mol. The topological polar surface area (TPSA) is 92.8 Å². The largest absolute Gasteiger partial charge is 0.500 e. The summed E-state index contributed by atoms with van der Waals surface area (Å²) in [5.74, 6) is 0. The van der Waals surface area contributed by atoms with Crippen LogP contribution in [-0.4, -0.2) is 164 Å². The van der Waals surface area contributed by atoms with Crippen molar-refractivity contribution < 1.29 is 39.8 Å². The minimum absolute atomic E-state index is 0. The molecule has 0 saturated carbocycles. The Morgan fingerprint density at radius 2 is 0.325 bits per heavy atom. The number of hydrogen-bond acceptors (Lipinski definition) is 12. The molecule has 0 fully saturated rings. The van der Waals surface area contributed by atoms with Crippen molar-refractivity contribution in [2.45, 2.75) is 386 Å². The van der Waals surface area contributed by atoms with Crippen molar-refractivity contribution in [3.05, 3.63) is 108 Å². The molecule has 0 radical (unpaired) electrons. The lowest BCUT2D eigenvalue weighted by atomic mass is 10.0. The van der Waals surface area contributed by atoms with Crippen molar-refractivity contribution in [1.82, 2.24) is 14.7 Å². The fourth-order valence-corrected chi connectivity index (χ4v) is 20.8. The van der Waals surface area contributed by atoms with Crippen LogP contribution >= 0.6 is 71.9 Å². The van der Waals surface area contributed by atoms with Crippen LogP contribution in [0.1, 0.15) is 365 Å². The molecule has 3 rings (SSSR count). The van der Waals surface area contributed by atoms with Gasteiger partial charge < -0.3 is 54.5 Å². The van der Waals surface area contributed by atoms with Crippen LogP contribution in [0.4, 0.5) is 0 Å². The molecule has 0 saturated heterocycles. The summed E-state index contributed by atoms with van der Waals surface area (Å²) >= 11 is 0. The number of rotatable bonds is 81. The van der Waals surface area contributed by atoms with Crippen LogP contribution in [0.5, 0.6) is 0 Å². The lowest BCUT2D eigenvalue weighted by molar-refractivity contribution is 0.120. The highest BCUT2D eigenvalue weighted by Crippen LogP contribution is 2.23. The van der Waals surface area contributed by atoms with Crippen molar-refractivity contribution in [1.29, 1.82) is 0 Å². The Labute approximate surface area is 762 Å². The summed E-state index contributed by atoms with van der Waals surface area (Å²) in [4.78, 5) is 7.91. The normalized spacial score (nSPS) is 11.7. The molecule has 0 bridgehead atoms. The van der Waals surface area contributed by atoms with Gasteiger partial charge in [0.05, 0.1) is 0 Å². The summed E-state index contributed by atoms with van der Waals surface area (Å²) in [6.07, 6.45) is 74.6. The Morgan fingerprint density at radius 1 is 0.184 bits per heavy atom. The lowest BCUT2D eigenvalue weighted by Gasteiger charge is -2.27. The second-order valence-electron chi connectivity index (χ2n) is 32.3. The van der Waals surface area contributed by atoms with Gasteiger partial charge in [-0.25, -0.2) is 0 Å². The van der Waals surface area contributed by atoms with E-state index in [2.05, 4.69) is 126 Å². The third kappa shape index (κ3) is 69.4. The number of halogens is 3. The molecule has 0 amide bonds. The van der Waals surface area contributed by atoms with E-state index in [0.717, 1.165) is 95.9 Å². The zero-order chi connectivity index (χ0) is 80.6. The molecule has 0 aromatic heterocycles. The zero-order valence-corrected chi connectivity index (χ0v) is 86.6. The Kier molecular flexibility index (Phi) is 92.6. The molecule has 0 spiro atoms. The van der Waals surface area contributed by atoms with Gasteiger partial charge in [0.15, 0.2) is 0 Å². The van der Waals surface area contributed by atoms with Gasteiger partial charge in [-0.05, 0) is 114 Å². The van der Waals surface area contributed by atoms with Gasteiger partial charge in [-0.15, -0.1) is 71.9 Å². The van der Waals surface area contributed by atoms with Crippen LogP contribution in [0.2, 0.25) is 18.1 Å². The summed E-state index contributed by atoms with van der Waals surface area (Å²) in [5.41, 5.74) is 4.27. The fraction of sp³-hybridized carbons (Fsp3) is 0.812. The van der Waals surface area contributed by atoms with Crippen LogP contribution in [0.3, 0.4) is 0 Å². The van der Waals surface area contributed by atoms with E-state index in [1.54, 1.807) is 64.0 Å². The first kappa shape index (κ1) is 118. The average Bonchev–Trinajstić information content (AvgIpc) is 0.908. The maximum Gasteiger partial charge on any atom is 0.500 e. The summed E-state index contributed by atoms with van der Waals surface area (Å²) in [6, 6.07) is 35.2. The molecule has 672 valence electrons. The molecule has 12 nitrogen and oxygen atoms in total. The lowest BCUT2D eigenvalue weighted by Crippen LogP contribution is -2.43. The maximum atomic E-state index is 5.62. The van der Waals surface area contributed by atoms with Gasteiger partial charge in [-0.3, -0.25) is 0 Å². The molecule has 0 unspecified atom stereocenters. The maximum absolute atomic E-state index is 5.62. The molecule has 3 aromatic rings. The van der Waals surface area contributed by atoms with E-state index in [1.807, 2.05) is 0 Å². The summed E-state index contributed by atoms with van der Waals surface area (Å²) in [7, 11) is 7.98. The molecule has 0 atom stereocenters. The second kappa shape index (κ2) is 89.3. The Hall–Kier alpha value is 0.0206. The van der Waals surface area contributed by atoms with Gasteiger partial charge in [-0.2, -0.15) is 0 Å². The monoisotopic (exact) mass is 1990 g/mol. The minimum Gasteiger partial charge on any atom is -0.377 e. The summed E-state index contributed by atoms with van der Waals surface area (Å²) in [6.45, 7) is 17.0. The molecule has 18 heteroatoms. The van der Waals surface area contributed by atoms with Crippen LogP contribution in [0.25, 0.3) is 0 Å². The minimum atomic E-state index is -2.47. The quantitative estimate of drug-likeness (QED) is 0.0306. The van der Waals surface area contributed by atoms with E-state index in [4.69, 9.17) is 39.8 Å². The number of hydrogen-bond donors (Lipinski definition) is 0. The van der Waals surface area contributed by atoms with Gasteiger partial charge in [0.2, 0.25) is 0 Å². The van der Waals surface area contributed by atoms with Gasteiger partial charge in [0.1, 0.15) is 0 Å². The number of nitrogens with zero attached hydrogens (tertiary/aromatic N) is 3. The first-order valence-electron chi connectivity index (χ1n) is 46.8. The van der Waals surface area contributed by atoms with E-state index in [1.165, 1.54) is 345 Å². The number of benzene rings is 3. The van der Waals surface area contributed by atoms with Crippen molar-refractivity contribution in [3.63, 3.8) is 0 Å². The van der Waals surface area contributed by atoms with E-state index >= 15 is 0 Å². The van der Waals surface area contributed by atoms with Crippen LogP contribution in [0, 0.1) is 0 Å². The van der Waals surface area contributed by atoms with Gasteiger partial charge in [-0.1, -0.05) is 401 Å². The fourth-order valence-electron chi connectivity index (χ4n) is 15.7. The first-order chi connectivity index (χ1) is 54.6. The Balaban J connectivity index is -0.00000160. The van der Waals surface area contributed by atoms with Crippen molar-refractivity contribution in [2.75, 3.05) is 123 Å². The highest BCUT2D eigenvalue weighted by molar-refractivity contribution is 14.0. The predicted octanol–water partition coefficient (Wildman–Crippen LogP) is 29.0. The molecule has 0 aliphatic heterocycles. The smallest absolute Gasteiger partial charge is 0.377 e. The molecular weight excluding hydrogens is 1800 g/mol. The van der Waals surface area contributed by atoms with Crippen molar-refractivity contribution in [2.24, 2.45) is 0 Å². The molecule has 0 heterocycles. The average molecular weight is 1990 g/mol. The molecule has 114 heavy (non-hydrogen) atoms. The highest BCUT2D eigenvalue weighted by Gasteiger charge is 2.39. The summed E-state index contributed by atoms with van der Waals surface area (Å²) < 4.78 is 50.6. The third-order valence-corrected chi connectivity index (χ3v) is 31.8. The second-order valence-corrected chi connectivity index (χ2v) is 41.6. The van der Waals surface area contributed by atoms with E-state index < -0.39 is 26.4 Å². The van der Waals surface area contributed by atoms with E-state index in [9.17, 15) is 0 Å². The standard InChI is InChI=1S/3C32H61NO3Si.3HI/c3*1-5-6-7-8-9-10-11-12-13-14-15-16-17-18-19-23-28-33(30-27-32-25-21-20-22-26-32)29-24-31-37(34-2,35-3)36-4;;;/h3*20-22,25-26H,5-19,23-24,27-31H2,1-4H3;3*1H. The first-order valence-corrected chi connectivity index (χ1v) is 52.6. The van der Waals surface area contributed by atoms with Gasteiger partial charge in [0, 0.05) is 102 Å². The van der Waals surface area contributed by atoms with Gasteiger partial charge >= 0.3 is 26.4 Å². The van der Waals surface area contributed by atoms with Crippen LogP contribution in [-0.2, 0) is 59.1 Å². The Morgan fingerprint density at radius 3 is 0.474 bits per heavy atom. The van der Waals surface area contributed by atoms with Gasteiger partial charge in [0.25, 0.3) is 0 Å². The highest BCUT2D eigenvalue weighted by atomic mass is 127. The molecule has 0 aliphatic rings. The summed E-state index contributed by atoms with van der Waals surface area (Å²) in [5, 5.41) is 0. The Bertz CT molecular complexity index is 2040. The van der Waals surface area contributed by atoms with Crippen molar-refractivity contribution >= 4 is 98.3 Å². The zero-order valence-electron chi connectivity index (χ0n) is 76.6. The molecular formula is C96H186I3N3O9Si3. The van der Waals surface area contributed by atoms with Crippen LogP contribution in [0.15, 0.2) is 91.0 Å². The molecule has 0 N–H and O–H groups in total. The SMILES string of the molecule is CCCCCCCCCCCCCCCCCCN(CCC[Si](OC)(OC)OC)CCc1ccccc1.CCCCCCCCCCCCCCCCCCN(CCC[Si](OC)(OC)OC)CCc1ccccc1.CCCCCCCCCCCCCCCCCCN(CCC[Si](OC)(OC)OC)CCc1ccccc1.I.I.I. The van der Waals surface area contributed by atoms with E-state index in [0.29, 0.717) is 0 Å².